The average molecular weight is 244 g/mol. The van der Waals surface area contributed by atoms with Crippen LogP contribution in [-0.4, -0.2) is 51.4 Å². The highest BCUT2D eigenvalue weighted by Gasteiger charge is 2.17. The van der Waals surface area contributed by atoms with Gasteiger partial charge in [-0.3, -0.25) is 5.41 Å². The van der Waals surface area contributed by atoms with E-state index in [1.54, 1.807) is 0 Å². The maximum atomic E-state index is 9.43. The van der Waals surface area contributed by atoms with Gasteiger partial charge in [-0.25, -0.2) is 0 Å². The number of aliphatic hydroxyl groups is 2. The van der Waals surface area contributed by atoms with Crippen LogP contribution in [0.4, 0.5) is 17.3 Å². The highest BCUT2D eigenvalue weighted by atomic mass is 16.5. The number of nitrogens with two attached hydrogens (primary N) is 2. The Morgan fingerprint density at radius 1 is 1.24 bits per heavy atom. The van der Waals surface area contributed by atoms with Crippen LogP contribution >= 0.6 is 0 Å². The number of aromatic nitrogens is 2. The van der Waals surface area contributed by atoms with Gasteiger partial charge in [0.2, 0.25) is 0 Å². The molecule has 0 atom stereocenters. The zero-order chi connectivity index (χ0) is 13.0. The van der Waals surface area contributed by atoms with Crippen LogP contribution in [0.5, 0.6) is 0 Å². The molecule has 9 heteroatoms. The minimum atomic E-state index is -0.489. The third-order valence-corrected chi connectivity index (χ3v) is 2.20. The van der Waals surface area contributed by atoms with E-state index in [4.69, 9.17) is 27.1 Å². The van der Waals surface area contributed by atoms with E-state index in [1.165, 1.54) is 4.90 Å². The van der Waals surface area contributed by atoms with E-state index in [9.17, 15) is 5.21 Å². The number of hydrogen-bond acceptors (Lipinski definition) is 8. The second-order valence-electron chi connectivity index (χ2n) is 3.30. The number of anilines is 3. The predicted molar refractivity (Wildman–Crippen MR) is 60.5 cm³/mol. The van der Waals surface area contributed by atoms with Gasteiger partial charge in [0.05, 0.1) is 13.2 Å². The highest BCUT2D eigenvalue weighted by Crippen LogP contribution is 2.25. The van der Waals surface area contributed by atoms with Crippen molar-refractivity contribution in [2.75, 3.05) is 42.7 Å². The summed E-state index contributed by atoms with van der Waals surface area (Å²) in [5.74, 6) is -0.205. The van der Waals surface area contributed by atoms with Gasteiger partial charge in [-0.15, -0.1) is 4.73 Å². The first-order valence-corrected chi connectivity index (χ1v) is 4.91. The van der Waals surface area contributed by atoms with E-state index in [1.807, 2.05) is 0 Å². The summed E-state index contributed by atoms with van der Waals surface area (Å²) in [5, 5.41) is 34.5. The van der Waals surface area contributed by atoms with Gasteiger partial charge in [0, 0.05) is 13.1 Å². The van der Waals surface area contributed by atoms with E-state index in [-0.39, 0.29) is 43.6 Å². The Bertz CT molecular complexity index is 440. The lowest BCUT2D eigenvalue weighted by atomic mass is 10.3. The first kappa shape index (κ1) is 13.1. The lowest BCUT2D eigenvalue weighted by molar-refractivity contribution is 0.172. The van der Waals surface area contributed by atoms with Crippen molar-refractivity contribution in [3.8, 4) is 0 Å². The third kappa shape index (κ3) is 2.57. The molecule has 0 unspecified atom stereocenters. The molecule has 96 valence electrons. The van der Waals surface area contributed by atoms with E-state index in [2.05, 4.69) is 4.98 Å². The number of rotatable bonds is 5. The minimum absolute atomic E-state index is 0.0419. The third-order valence-electron chi connectivity index (χ3n) is 2.20. The van der Waals surface area contributed by atoms with Crippen LogP contribution in [-0.2, 0) is 0 Å². The highest BCUT2D eigenvalue weighted by molar-refractivity contribution is 5.75. The smallest absolute Gasteiger partial charge is 0.259 e. The molecule has 0 radical (unpaired) electrons. The predicted octanol–water partition coefficient (Wildman–Crippen LogP) is -2.44. The molecule has 8 N–H and O–H groups in total. The molecule has 0 saturated carbocycles. The van der Waals surface area contributed by atoms with Crippen LogP contribution in [0.25, 0.3) is 0 Å². The van der Waals surface area contributed by atoms with E-state index < -0.39 is 5.62 Å². The molecular weight excluding hydrogens is 228 g/mol. The van der Waals surface area contributed by atoms with Gasteiger partial charge >= 0.3 is 0 Å². The zero-order valence-corrected chi connectivity index (χ0v) is 9.17. The van der Waals surface area contributed by atoms with Gasteiger partial charge < -0.3 is 31.8 Å². The quantitative estimate of drug-likeness (QED) is 0.314. The number of nitrogens with one attached hydrogen (secondary N) is 1. The monoisotopic (exact) mass is 244 g/mol. The summed E-state index contributed by atoms with van der Waals surface area (Å²) in [7, 11) is 0. The Labute approximate surface area is 97.0 Å². The fourth-order valence-corrected chi connectivity index (χ4v) is 1.46. The molecule has 0 bridgehead atoms. The Kier molecular flexibility index (Phi) is 4.12. The molecule has 0 aromatic carbocycles. The van der Waals surface area contributed by atoms with Crippen LogP contribution in [0.15, 0.2) is 0 Å². The standard InChI is InChI=1S/C8H16N6O3/c9-6-5(13(1-3-15)2-4-16)7(10)14(17)8(11)12-6/h15-17H,1-4,10H2,(H3,9,11,12). The second kappa shape index (κ2) is 5.37. The molecule has 0 aliphatic rings. The van der Waals surface area contributed by atoms with Crippen molar-refractivity contribution in [3.05, 3.63) is 5.62 Å². The fourth-order valence-electron chi connectivity index (χ4n) is 1.46. The van der Waals surface area contributed by atoms with Crippen molar-refractivity contribution in [3.63, 3.8) is 0 Å². The lowest BCUT2D eigenvalue weighted by Crippen LogP contribution is -2.35. The van der Waals surface area contributed by atoms with Crippen molar-refractivity contribution >= 4 is 17.3 Å². The molecule has 1 aromatic rings. The summed E-state index contributed by atoms with van der Waals surface area (Å²) in [6.07, 6.45) is 0. The molecule has 1 heterocycles. The summed E-state index contributed by atoms with van der Waals surface area (Å²) in [4.78, 5) is 5.07. The molecular formula is C8H16N6O3. The molecule has 0 spiro atoms. The van der Waals surface area contributed by atoms with Crippen molar-refractivity contribution in [1.29, 1.82) is 5.41 Å². The van der Waals surface area contributed by atoms with Gasteiger partial charge in [-0.2, -0.15) is 4.98 Å². The fraction of sp³-hybridized carbons (Fsp3) is 0.500. The molecule has 0 aliphatic carbocycles. The Balaban J connectivity index is 3.27. The van der Waals surface area contributed by atoms with Crippen LogP contribution in [0.1, 0.15) is 0 Å². The summed E-state index contributed by atoms with van der Waals surface area (Å²) in [6, 6.07) is 0. The molecule has 0 amide bonds. The summed E-state index contributed by atoms with van der Waals surface area (Å²) < 4.78 is 0.382. The largest absolute Gasteiger partial charge is 0.423 e. The van der Waals surface area contributed by atoms with Gasteiger partial charge in [0.15, 0.2) is 11.6 Å². The SMILES string of the molecule is N=c1nc(N)c(N(CCO)CCO)c(N)n1O. The van der Waals surface area contributed by atoms with Gasteiger partial charge in [-0.1, -0.05) is 0 Å². The molecule has 0 fully saturated rings. The maximum absolute atomic E-state index is 9.43. The molecule has 1 rings (SSSR count). The Morgan fingerprint density at radius 3 is 2.24 bits per heavy atom. The topological polar surface area (TPSA) is 158 Å². The van der Waals surface area contributed by atoms with Crippen LogP contribution < -0.4 is 22.0 Å². The second-order valence-corrected chi connectivity index (χ2v) is 3.30. The van der Waals surface area contributed by atoms with E-state index in [0.717, 1.165) is 0 Å². The number of aliphatic hydroxyl groups excluding tert-OH is 2. The number of nitrogen functional groups attached to an aromatic ring is 2. The number of nitrogens with zero attached hydrogens (tertiary/aromatic N) is 3. The van der Waals surface area contributed by atoms with E-state index in [0.29, 0.717) is 4.73 Å². The van der Waals surface area contributed by atoms with Crippen LogP contribution in [0, 0.1) is 5.41 Å². The van der Waals surface area contributed by atoms with Crippen molar-refractivity contribution in [1.82, 2.24) is 9.71 Å². The number of hydrogen-bond donors (Lipinski definition) is 6. The molecule has 1 aromatic heterocycles. The van der Waals surface area contributed by atoms with Crippen molar-refractivity contribution < 1.29 is 15.4 Å². The summed E-state index contributed by atoms with van der Waals surface area (Å²) in [5.41, 5.74) is 10.9. The van der Waals surface area contributed by atoms with Gasteiger partial charge in [0.25, 0.3) is 5.62 Å². The minimum Gasteiger partial charge on any atom is -0.423 e. The summed E-state index contributed by atoms with van der Waals surface area (Å²) >= 11 is 0. The van der Waals surface area contributed by atoms with Gasteiger partial charge in [-0.05, 0) is 0 Å². The van der Waals surface area contributed by atoms with Crippen LogP contribution in [0.2, 0.25) is 0 Å². The first-order valence-electron chi connectivity index (χ1n) is 4.91. The van der Waals surface area contributed by atoms with Crippen molar-refractivity contribution in [2.24, 2.45) is 0 Å². The Morgan fingerprint density at radius 2 is 1.76 bits per heavy atom. The van der Waals surface area contributed by atoms with E-state index >= 15 is 0 Å². The average Bonchev–Trinajstić information content (AvgIpc) is 2.27. The van der Waals surface area contributed by atoms with Crippen LogP contribution in [0.3, 0.4) is 0 Å². The lowest BCUT2D eigenvalue weighted by Gasteiger charge is -2.25. The zero-order valence-electron chi connectivity index (χ0n) is 9.17. The Hall–Kier alpha value is -2.00. The molecule has 9 nitrogen and oxygen atoms in total. The normalized spacial score (nSPS) is 10.5. The first-order chi connectivity index (χ1) is 8.02. The molecule has 17 heavy (non-hydrogen) atoms. The van der Waals surface area contributed by atoms with Crippen molar-refractivity contribution in [2.45, 2.75) is 0 Å². The maximum Gasteiger partial charge on any atom is 0.259 e. The molecule has 0 aliphatic heterocycles. The van der Waals surface area contributed by atoms with Gasteiger partial charge in [0.1, 0.15) is 5.69 Å². The molecule has 0 saturated heterocycles. The summed E-state index contributed by atoms with van der Waals surface area (Å²) in [6.45, 7) is 0.00183.